The molecule has 1 N–H and O–H groups in total. The van der Waals surface area contributed by atoms with E-state index in [2.05, 4.69) is 18.3 Å². The van der Waals surface area contributed by atoms with E-state index in [1.54, 1.807) is 18.2 Å². The zero-order valence-corrected chi connectivity index (χ0v) is 13.3. The molecule has 1 aromatic rings. The first-order valence-electron chi connectivity index (χ1n) is 7.49. The number of carbonyl (C=O) groups is 1. The summed E-state index contributed by atoms with van der Waals surface area (Å²) < 4.78 is 0. The highest BCUT2D eigenvalue weighted by Gasteiger charge is 2.36. The van der Waals surface area contributed by atoms with Crippen LogP contribution in [0.1, 0.15) is 54.9 Å². The van der Waals surface area contributed by atoms with Crippen molar-refractivity contribution in [2.24, 2.45) is 5.92 Å². The average Bonchev–Trinajstić information content (AvgIpc) is 2.50. The normalized spacial score (nSPS) is 25.1. The van der Waals surface area contributed by atoms with Crippen molar-refractivity contribution in [3.8, 4) is 6.07 Å². The number of hydrogen-bond acceptors (Lipinski definition) is 2. The van der Waals surface area contributed by atoms with E-state index in [9.17, 15) is 10.1 Å². The minimum Gasteiger partial charge on any atom is -0.334 e. The lowest BCUT2D eigenvalue weighted by Crippen LogP contribution is -2.49. The third kappa shape index (κ3) is 3.57. The fraction of sp³-hybridized carbons (Fsp3) is 0.529. The Morgan fingerprint density at radius 1 is 1.48 bits per heavy atom. The Balaban J connectivity index is 2.10. The fourth-order valence-electron chi connectivity index (χ4n) is 2.92. The maximum atomic E-state index is 12.4. The number of aryl methyl sites for hydroxylation is 1. The maximum absolute atomic E-state index is 12.4. The topological polar surface area (TPSA) is 52.9 Å². The van der Waals surface area contributed by atoms with E-state index < -0.39 is 5.54 Å². The summed E-state index contributed by atoms with van der Waals surface area (Å²) in [6, 6.07) is 7.52. The van der Waals surface area contributed by atoms with Crippen LogP contribution in [0, 0.1) is 24.2 Å². The van der Waals surface area contributed by atoms with Gasteiger partial charge >= 0.3 is 0 Å². The third-order valence-electron chi connectivity index (χ3n) is 4.52. The second-order valence-corrected chi connectivity index (χ2v) is 6.37. The fourth-order valence-corrected chi connectivity index (χ4v) is 3.04. The first kappa shape index (κ1) is 15.9. The highest BCUT2D eigenvalue weighted by Crippen LogP contribution is 2.33. The van der Waals surface area contributed by atoms with Gasteiger partial charge in [-0.15, -0.1) is 0 Å². The quantitative estimate of drug-likeness (QED) is 0.908. The number of rotatable bonds is 3. The molecule has 3 nitrogen and oxygen atoms in total. The molecule has 2 rings (SSSR count). The molecule has 112 valence electrons. The molecule has 0 spiro atoms. The molecule has 1 saturated carbocycles. The molecule has 0 heterocycles. The van der Waals surface area contributed by atoms with E-state index in [4.69, 9.17) is 11.6 Å². The monoisotopic (exact) mass is 304 g/mol. The summed E-state index contributed by atoms with van der Waals surface area (Å²) in [6.07, 6.45) is 4.63. The predicted octanol–water partition coefficient (Wildman–Crippen LogP) is 4.24. The number of benzene rings is 1. The Bertz CT molecular complexity index is 569. The van der Waals surface area contributed by atoms with Crippen LogP contribution in [0.15, 0.2) is 18.2 Å². The van der Waals surface area contributed by atoms with Crippen LogP contribution in [0.5, 0.6) is 0 Å². The van der Waals surface area contributed by atoms with Gasteiger partial charge in [-0.2, -0.15) is 5.26 Å². The minimum absolute atomic E-state index is 0.189. The van der Waals surface area contributed by atoms with Crippen molar-refractivity contribution in [2.75, 3.05) is 0 Å². The van der Waals surface area contributed by atoms with Crippen molar-refractivity contribution < 1.29 is 4.79 Å². The summed E-state index contributed by atoms with van der Waals surface area (Å²) in [5.74, 6) is 0.493. The van der Waals surface area contributed by atoms with Crippen LogP contribution < -0.4 is 5.32 Å². The molecule has 1 amide bonds. The van der Waals surface area contributed by atoms with Gasteiger partial charge in [-0.05, 0) is 62.3 Å². The van der Waals surface area contributed by atoms with E-state index in [1.165, 1.54) is 0 Å². The lowest BCUT2D eigenvalue weighted by molar-refractivity contribution is 0.0891. The standard InChI is InChI=1S/C17H21ClN2O/c1-3-13-6-8-17(11-19,9-7-13)20-16(21)14-4-5-15(18)12(2)10-14/h4-5,10,13H,3,6-9H2,1-2H3,(H,20,21). The first-order valence-corrected chi connectivity index (χ1v) is 7.87. The van der Waals surface area contributed by atoms with Gasteiger partial charge in [0.25, 0.3) is 5.91 Å². The van der Waals surface area contributed by atoms with Gasteiger partial charge in [-0.1, -0.05) is 24.9 Å². The molecular formula is C17H21ClN2O. The van der Waals surface area contributed by atoms with Crippen molar-refractivity contribution in [1.29, 1.82) is 5.26 Å². The van der Waals surface area contributed by atoms with Crippen molar-refractivity contribution in [1.82, 2.24) is 5.32 Å². The van der Waals surface area contributed by atoms with E-state index >= 15 is 0 Å². The summed E-state index contributed by atoms with van der Waals surface area (Å²) in [7, 11) is 0. The molecule has 0 radical (unpaired) electrons. The molecule has 0 unspecified atom stereocenters. The molecule has 0 atom stereocenters. The maximum Gasteiger partial charge on any atom is 0.252 e. The molecule has 1 aliphatic carbocycles. The van der Waals surface area contributed by atoms with Gasteiger partial charge in [0.2, 0.25) is 0 Å². The number of carbonyl (C=O) groups excluding carboxylic acids is 1. The zero-order chi connectivity index (χ0) is 15.5. The summed E-state index contributed by atoms with van der Waals surface area (Å²) >= 11 is 5.98. The molecule has 21 heavy (non-hydrogen) atoms. The van der Waals surface area contributed by atoms with Crippen molar-refractivity contribution >= 4 is 17.5 Å². The Morgan fingerprint density at radius 3 is 2.67 bits per heavy atom. The summed E-state index contributed by atoms with van der Waals surface area (Å²) in [4.78, 5) is 12.4. The zero-order valence-electron chi connectivity index (χ0n) is 12.6. The predicted molar refractivity (Wildman–Crippen MR) is 84.2 cm³/mol. The van der Waals surface area contributed by atoms with Gasteiger partial charge in [0.1, 0.15) is 5.54 Å². The van der Waals surface area contributed by atoms with Crippen LogP contribution in [0.25, 0.3) is 0 Å². The Hall–Kier alpha value is -1.53. The summed E-state index contributed by atoms with van der Waals surface area (Å²) in [5.41, 5.74) is 0.713. The highest BCUT2D eigenvalue weighted by atomic mass is 35.5. The molecule has 0 bridgehead atoms. The van der Waals surface area contributed by atoms with Crippen LogP contribution in [0.2, 0.25) is 5.02 Å². The number of hydrogen-bond donors (Lipinski definition) is 1. The molecule has 0 saturated heterocycles. The Morgan fingerprint density at radius 2 is 2.14 bits per heavy atom. The van der Waals surface area contributed by atoms with Gasteiger partial charge in [0.05, 0.1) is 6.07 Å². The largest absolute Gasteiger partial charge is 0.334 e. The van der Waals surface area contributed by atoms with E-state index in [0.717, 1.165) is 37.7 Å². The van der Waals surface area contributed by atoms with Crippen molar-refractivity contribution in [3.63, 3.8) is 0 Å². The number of amides is 1. The summed E-state index contributed by atoms with van der Waals surface area (Å²) in [6.45, 7) is 4.05. The summed E-state index contributed by atoms with van der Waals surface area (Å²) in [5, 5.41) is 13.1. The van der Waals surface area contributed by atoms with Gasteiger partial charge in [-0.25, -0.2) is 0 Å². The smallest absolute Gasteiger partial charge is 0.252 e. The molecule has 0 aliphatic heterocycles. The van der Waals surface area contributed by atoms with Gasteiger partial charge in [0.15, 0.2) is 0 Å². The number of nitrogens with one attached hydrogen (secondary N) is 1. The molecule has 1 aliphatic rings. The molecular weight excluding hydrogens is 284 g/mol. The van der Waals surface area contributed by atoms with Crippen LogP contribution >= 0.6 is 11.6 Å². The van der Waals surface area contributed by atoms with E-state index in [0.29, 0.717) is 16.5 Å². The van der Waals surface area contributed by atoms with Crippen LogP contribution in [-0.4, -0.2) is 11.4 Å². The van der Waals surface area contributed by atoms with Crippen LogP contribution in [-0.2, 0) is 0 Å². The molecule has 4 heteroatoms. The third-order valence-corrected chi connectivity index (χ3v) is 4.95. The SMILES string of the molecule is CCC1CCC(C#N)(NC(=O)c2ccc(Cl)c(C)c2)CC1. The van der Waals surface area contributed by atoms with Crippen molar-refractivity contribution in [2.45, 2.75) is 51.5 Å². The first-order chi connectivity index (χ1) is 9.99. The van der Waals surface area contributed by atoms with Gasteiger partial charge in [-0.3, -0.25) is 4.79 Å². The van der Waals surface area contributed by atoms with Gasteiger partial charge < -0.3 is 5.32 Å². The van der Waals surface area contributed by atoms with Gasteiger partial charge in [0, 0.05) is 10.6 Å². The number of nitrogens with zero attached hydrogens (tertiary/aromatic N) is 1. The number of halogens is 1. The van der Waals surface area contributed by atoms with Crippen LogP contribution in [0.3, 0.4) is 0 Å². The highest BCUT2D eigenvalue weighted by molar-refractivity contribution is 6.31. The van der Waals surface area contributed by atoms with Crippen LogP contribution in [0.4, 0.5) is 0 Å². The lowest BCUT2D eigenvalue weighted by atomic mass is 9.76. The molecule has 1 aromatic carbocycles. The second-order valence-electron chi connectivity index (χ2n) is 5.96. The Kier molecular flexibility index (Phi) is 4.90. The number of nitriles is 1. The van der Waals surface area contributed by atoms with E-state index in [-0.39, 0.29) is 5.91 Å². The lowest BCUT2D eigenvalue weighted by Gasteiger charge is -2.35. The minimum atomic E-state index is -0.712. The molecule has 0 aromatic heterocycles. The van der Waals surface area contributed by atoms with Crippen molar-refractivity contribution in [3.05, 3.63) is 34.3 Å². The average molecular weight is 305 g/mol. The van der Waals surface area contributed by atoms with E-state index in [1.807, 2.05) is 6.92 Å². The molecule has 1 fully saturated rings. The Labute approximate surface area is 131 Å². The second kappa shape index (κ2) is 6.49.